The van der Waals surface area contributed by atoms with Gasteiger partial charge in [-0.25, -0.2) is 9.18 Å². The van der Waals surface area contributed by atoms with E-state index in [4.69, 9.17) is 35.4 Å². The van der Waals surface area contributed by atoms with Crippen molar-refractivity contribution in [1.29, 1.82) is 0 Å². The van der Waals surface area contributed by atoms with Crippen LogP contribution in [0.2, 0.25) is 5.02 Å². The van der Waals surface area contributed by atoms with Crippen molar-refractivity contribution in [3.8, 4) is 11.5 Å². The number of halogens is 2. The fourth-order valence-electron chi connectivity index (χ4n) is 5.19. The molecule has 0 unspecified atom stereocenters. The third-order valence-electron chi connectivity index (χ3n) is 8.15. The molecule has 0 radical (unpaired) electrons. The summed E-state index contributed by atoms with van der Waals surface area (Å²) in [5, 5.41) is 15.8. The number of ether oxygens (including phenoxy) is 4. The minimum absolute atomic E-state index is 0.0774. The van der Waals surface area contributed by atoms with E-state index in [2.05, 4.69) is 32.0 Å². The highest BCUT2D eigenvalue weighted by Crippen LogP contribution is 2.47. The molecule has 2 rings (SSSR count). The minimum Gasteiger partial charge on any atom is -0.507 e. The van der Waals surface area contributed by atoms with Gasteiger partial charge in [0.2, 0.25) is 13.5 Å². The first-order chi connectivity index (χ1) is 20.0. The molecule has 8 nitrogen and oxygen atoms in total. The van der Waals surface area contributed by atoms with E-state index in [1.807, 2.05) is 32.9 Å². The molecule has 10 heteroatoms. The van der Waals surface area contributed by atoms with Crippen molar-refractivity contribution < 1.29 is 38.1 Å². The van der Waals surface area contributed by atoms with Crippen LogP contribution in [0.4, 0.5) is 4.39 Å². The first-order valence-corrected chi connectivity index (χ1v) is 15.0. The number of allylic oxidation sites excluding steroid dienone is 4. The van der Waals surface area contributed by atoms with Crippen LogP contribution >= 0.6 is 11.6 Å². The zero-order chi connectivity index (χ0) is 31.4. The number of phenols is 1. The van der Waals surface area contributed by atoms with E-state index in [0.29, 0.717) is 42.4 Å². The predicted octanol–water partition coefficient (Wildman–Crippen LogP) is 7.78. The third kappa shape index (κ3) is 8.71. The van der Waals surface area contributed by atoms with Crippen LogP contribution in [0.5, 0.6) is 11.5 Å². The van der Waals surface area contributed by atoms with E-state index in [1.165, 1.54) is 0 Å². The van der Waals surface area contributed by atoms with E-state index in [-0.39, 0.29) is 40.9 Å². The van der Waals surface area contributed by atoms with Crippen molar-refractivity contribution in [2.45, 2.75) is 80.9 Å². The highest BCUT2D eigenvalue weighted by atomic mass is 35.5. The van der Waals surface area contributed by atoms with Gasteiger partial charge in [-0.15, -0.1) is 0 Å². The van der Waals surface area contributed by atoms with E-state index in [0.717, 1.165) is 24.1 Å². The molecule has 1 fully saturated rings. The quantitative estimate of drug-likeness (QED) is 0.0936. The number of alkyl halides is 1. The summed E-state index contributed by atoms with van der Waals surface area (Å²) in [6.07, 6.45) is 7.29. The molecule has 42 heavy (non-hydrogen) atoms. The smallest absolute Gasteiger partial charge is 0.347 e. The number of carbonyl (C=O) groups is 1. The van der Waals surface area contributed by atoms with Crippen molar-refractivity contribution in [2.24, 2.45) is 22.4 Å². The fraction of sp³-hybridized carbons (Fsp3) is 0.625. The van der Waals surface area contributed by atoms with Crippen LogP contribution in [-0.4, -0.2) is 50.1 Å². The van der Waals surface area contributed by atoms with Crippen LogP contribution in [0.1, 0.15) is 84.3 Å². The molecule has 1 aromatic carbocycles. The predicted molar refractivity (Wildman–Crippen MR) is 163 cm³/mol. The average molecular weight is 612 g/mol. The Morgan fingerprint density at radius 1 is 1.21 bits per heavy atom. The number of phenolic OH excluding ortho intramolecular Hbond substituents is 1. The van der Waals surface area contributed by atoms with Gasteiger partial charge >= 0.3 is 5.97 Å². The lowest BCUT2D eigenvalue weighted by atomic mass is 9.61. The summed E-state index contributed by atoms with van der Waals surface area (Å²) < 4.78 is 35.0. The van der Waals surface area contributed by atoms with Gasteiger partial charge in [0.05, 0.1) is 22.9 Å². The van der Waals surface area contributed by atoms with Crippen molar-refractivity contribution in [2.75, 3.05) is 33.3 Å². The average Bonchev–Trinajstić information content (AvgIpc) is 2.95. The first-order valence-electron chi connectivity index (χ1n) is 14.6. The highest BCUT2D eigenvalue weighted by Gasteiger charge is 2.41. The Morgan fingerprint density at radius 3 is 2.48 bits per heavy atom. The molecular formula is C32H47ClFNO7. The van der Waals surface area contributed by atoms with Crippen molar-refractivity contribution in [3.63, 3.8) is 0 Å². The molecule has 0 aromatic heterocycles. The molecule has 0 heterocycles. The number of oxime groups is 1. The lowest BCUT2D eigenvalue weighted by Gasteiger charge is -2.43. The molecule has 1 N–H and O–H groups in total. The Balaban J connectivity index is 2.36. The number of rotatable bonds is 15. The summed E-state index contributed by atoms with van der Waals surface area (Å²) >= 11 is 6.61. The van der Waals surface area contributed by atoms with Gasteiger partial charge in [-0.1, -0.05) is 61.3 Å². The molecule has 3 atom stereocenters. The Hall–Kier alpha value is -2.62. The second-order valence-corrected chi connectivity index (χ2v) is 11.1. The van der Waals surface area contributed by atoms with Crippen LogP contribution in [0, 0.1) is 24.2 Å². The van der Waals surface area contributed by atoms with E-state index < -0.39 is 19.1 Å². The molecule has 0 saturated heterocycles. The molecule has 0 bridgehead atoms. The first kappa shape index (κ1) is 35.6. The molecule has 1 aromatic rings. The standard InChI is InChI=1S/C32H47ClFNO7/c1-9-38-26(36)18-42-35-25-15-13-21(5)32(8,23(25)7)17-16-20(4)12-14-24-29(37)27(31(39-10-2)40-11-3)22(6)28(33)30(24)41-19-34/h12,16-17,21,23,31,37H,9-11,13-15,18-19H2,1-8H3/b17-16+,20-12+,35-25?/t21-,23+,32+/m1/s1. The van der Waals surface area contributed by atoms with E-state index >= 15 is 0 Å². The molecule has 1 aliphatic carbocycles. The SMILES string of the molecule is CCOC(=O)CON=C1CC[C@@H](C)[C@](C)(/C=C/C(C)=C/Cc2c(O)c(C(OCC)OCC)c(C)c(Cl)c2OCF)[C@H]1C. The summed E-state index contributed by atoms with van der Waals surface area (Å²) in [4.78, 5) is 16.9. The molecule has 0 aliphatic heterocycles. The van der Waals surface area contributed by atoms with Gasteiger partial charge in [-0.3, -0.25) is 0 Å². The summed E-state index contributed by atoms with van der Waals surface area (Å²) in [6.45, 7) is 15.3. The summed E-state index contributed by atoms with van der Waals surface area (Å²) in [5.74, 6) is 0.0186. The van der Waals surface area contributed by atoms with Crippen LogP contribution in [0.25, 0.3) is 0 Å². The Labute approximate surface area is 254 Å². The lowest BCUT2D eigenvalue weighted by molar-refractivity contribution is -0.148. The normalized spacial score (nSPS) is 22.3. The van der Waals surface area contributed by atoms with E-state index in [9.17, 15) is 14.3 Å². The van der Waals surface area contributed by atoms with Gasteiger partial charge in [0.15, 0.2) is 6.29 Å². The number of hydrogen-bond donors (Lipinski definition) is 1. The second kappa shape index (κ2) is 16.9. The second-order valence-electron chi connectivity index (χ2n) is 10.7. The van der Waals surface area contributed by atoms with Crippen molar-refractivity contribution >= 4 is 23.3 Å². The number of esters is 1. The molecule has 1 saturated carbocycles. The zero-order valence-electron chi connectivity index (χ0n) is 26.2. The van der Waals surface area contributed by atoms with Crippen LogP contribution < -0.4 is 4.74 Å². The summed E-state index contributed by atoms with van der Waals surface area (Å²) in [5.41, 5.74) is 2.89. The number of benzene rings is 1. The zero-order valence-corrected chi connectivity index (χ0v) is 27.0. The van der Waals surface area contributed by atoms with Crippen molar-refractivity contribution in [3.05, 3.63) is 45.5 Å². The Bertz CT molecular complexity index is 1150. The topological polar surface area (TPSA) is 95.8 Å². The number of carbonyl (C=O) groups excluding carboxylic acids is 1. The van der Waals surface area contributed by atoms with Gasteiger partial charge in [-0.05, 0) is 70.8 Å². The highest BCUT2D eigenvalue weighted by molar-refractivity contribution is 6.33. The maximum absolute atomic E-state index is 13.3. The van der Waals surface area contributed by atoms with Crippen molar-refractivity contribution in [1.82, 2.24) is 0 Å². The molecule has 236 valence electrons. The largest absolute Gasteiger partial charge is 0.507 e. The maximum atomic E-state index is 13.3. The van der Waals surface area contributed by atoms with Crippen LogP contribution in [0.15, 0.2) is 29.0 Å². The van der Waals surface area contributed by atoms with Crippen LogP contribution in [-0.2, 0) is 30.3 Å². The Morgan fingerprint density at radius 2 is 1.88 bits per heavy atom. The van der Waals surface area contributed by atoms with Crippen LogP contribution in [0.3, 0.4) is 0 Å². The fourth-order valence-corrected chi connectivity index (χ4v) is 5.46. The maximum Gasteiger partial charge on any atom is 0.347 e. The minimum atomic E-state index is -1.09. The van der Waals surface area contributed by atoms with Gasteiger partial charge in [0, 0.05) is 24.7 Å². The Kier molecular flexibility index (Phi) is 14.3. The lowest BCUT2D eigenvalue weighted by Crippen LogP contribution is -2.40. The number of nitrogens with zero attached hydrogens (tertiary/aromatic N) is 1. The molecular weight excluding hydrogens is 565 g/mol. The summed E-state index contributed by atoms with van der Waals surface area (Å²) in [7, 11) is 0. The third-order valence-corrected chi connectivity index (χ3v) is 8.60. The molecule has 0 spiro atoms. The van der Waals surface area contributed by atoms with Gasteiger partial charge < -0.3 is 28.9 Å². The number of aromatic hydroxyl groups is 1. The van der Waals surface area contributed by atoms with E-state index in [1.54, 1.807) is 13.8 Å². The molecule has 0 amide bonds. The molecule has 1 aliphatic rings. The van der Waals surface area contributed by atoms with Gasteiger partial charge in [-0.2, -0.15) is 0 Å². The summed E-state index contributed by atoms with van der Waals surface area (Å²) in [6, 6.07) is 0. The monoisotopic (exact) mass is 611 g/mol. The van der Waals surface area contributed by atoms with Gasteiger partial charge in [0.25, 0.3) is 0 Å². The van der Waals surface area contributed by atoms with Gasteiger partial charge in [0.1, 0.15) is 11.5 Å². The number of hydrogen-bond acceptors (Lipinski definition) is 8.